The second-order valence-electron chi connectivity index (χ2n) is 3.82. The Hall–Kier alpha value is -3.55. The first-order valence-corrected chi connectivity index (χ1v) is 5.79. The van der Waals surface area contributed by atoms with Crippen LogP contribution in [0.15, 0.2) is 61.2 Å². The number of carbonyl (C=O) groups is 1. The van der Waals surface area contributed by atoms with Gasteiger partial charge in [0.2, 0.25) is 0 Å². The number of benzene rings is 2. The number of hydrogen-bond donors (Lipinski definition) is 0. The van der Waals surface area contributed by atoms with Gasteiger partial charge in [0.15, 0.2) is 0 Å². The zero-order valence-electron chi connectivity index (χ0n) is 11.0. The van der Waals surface area contributed by atoms with Crippen LogP contribution in [0.5, 0.6) is 11.5 Å². The van der Waals surface area contributed by atoms with Crippen molar-refractivity contribution in [2.75, 3.05) is 0 Å². The van der Waals surface area contributed by atoms with Gasteiger partial charge in [-0.05, 0) is 29.8 Å². The Labute approximate surface area is 112 Å². The standard InChI is InChI=1S/C16H13O3.Rf/c1-2-16(17)18-12-13-7-6-10-15(11-13)19-14-8-4-3-5-9-14;/h3-11H,1,12H2;/q-1;. The van der Waals surface area contributed by atoms with Crippen molar-refractivity contribution < 1.29 is 14.3 Å². The smallest absolute Gasteiger partial charge is 0.147 e. The minimum atomic E-state index is -0.561. The molecule has 0 aliphatic rings. The Bertz CT molecular complexity index is 567. The van der Waals surface area contributed by atoms with Gasteiger partial charge in [0.05, 0.1) is 0 Å². The van der Waals surface area contributed by atoms with E-state index in [9.17, 15) is 4.79 Å². The Morgan fingerprint density at radius 1 is 1.05 bits per heavy atom. The van der Waals surface area contributed by atoms with Crippen LogP contribution >= 0.6 is 0 Å². The number of para-hydroxylation sites is 1. The van der Waals surface area contributed by atoms with Gasteiger partial charge in [0.25, 0.3) is 0 Å². The number of esters is 1. The number of carbonyl (C=O) groups excluding carboxylic acids is 1. The molecule has 2 aromatic carbocycles. The largest absolute Gasteiger partial charge is 0.485 e. The summed E-state index contributed by atoms with van der Waals surface area (Å²) in [7, 11) is 0. The maximum atomic E-state index is 10.9. The van der Waals surface area contributed by atoms with Crippen LogP contribution in [0.2, 0.25) is 0 Å². The number of ether oxygens (including phenoxy) is 2. The first-order chi connectivity index (χ1) is 9.28. The third kappa shape index (κ3) is 4.04. The van der Waals surface area contributed by atoms with Crippen molar-refractivity contribution in [2.24, 2.45) is 0 Å². The van der Waals surface area contributed by atoms with Crippen molar-refractivity contribution in [3.8, 4) is 11.5 Å². The van der Waals surface area contributed by atoms with E-state index < -0.39 is 5.97 Å². The van der Waals surface area contributed by atoms with E-state index in [4.69, 9.17) is 9.47 Å². The Balaban J connectivity index is 0.00000200. The summed E-state index contributed by atoms with van der Waals surface area (Å²) in [6, 6.07) is 16.9. The average Bonchev–Trinajstić information content (AvgIpc) is 2.46. The fourth-order valence-corrected chi connectivity index (χ4v) is 1.52. The van der Waals surface area contributed by atoms with Crippen LogP contribution in [0.4, 0.5) is 0 Å². The summed E-state index contributed by atoms with van der Waals surface area (Å²) in [5, 5.41) is 0. The van der Waals surface area contributed by atoms with Crippen molar-refractivity contribution in [2.45, 2.75) is 6.61 Å². The zero-order chi connectivity index (χ0) is 13.5. The van der Waals surface area contributed by atoms with Crippen LogP contribution in [0.3, 0.4) is 0 Å². The molecule has 0 saturated heterocycles. The molecule has 0 saturated carbocycles. The third-order valence-electron chi connectivity index (χ3n) is 2.39. The van der Waals surface area contributed by atoms with Gasteiger partial charge in [0, 0.05) is 0 Å². The molecule has 0 bridgehead atoms. The van der Waals surface area contributed by atoms with E-state index in [-0.39, 0.29) is 6.61 Å². The van der Waals surface area contributed by atoms with Crippen LogP contribution < -0.4 is 4.74 Å². The second kappa shape index (κ2) is 7.01. The third-order valence-corrected chi connectivity index (χ3v) is 2.39. The van der Waals surface area contributed by atoms with Crippen molar-refractivity contribution in [3.05, 3.63) is 72.8 Å². The molecule has 0 aliphatic carbocycles. The SMILES string of the molecule is C=[C-]C(=O)OCc1cccc(Oc2ccccc2)c1.[Rf]. The monoisotopic (exact) mass is 520 g/mol. The van der Waals surface area contributed by atoms with Crippen LogP contribution in [0, 0.1) is 6.08 Å². The van der Waals surface area contributed by atoms with Crippen molar-refractivity contribution in [1.29, 1.82) is 0 Å². The molecule has 20 heavy (non-hydrogen) atoms. The van der Waals surface area contributed by atoms with E-state index in [2.05, 4.69) is 12.7 Å². The molecule has 0 spiro atoms. The van der Waals surface area contributed by atoms with Crippen molar-refractivity contribution in [3.63, 3.8) is 0 Å². The molecular weight excluding hydrogens is 507 g/mol. The van der Waals surface area contributed by atoms with E-state index in [0.29, 0.717) is 5.75 Å². The van der Waals surface area contributed by atoms with Gasteiger partial charge < -0.3 is 15.5 Å². The van der Waals surface area contributed by atoms with E-state index in [1.165, 1.54) is 0 Å². The van der Waals surface area contributed by atoms with Crippen LogP contribution in [0.25, 0.3) is 0 Å². The van der Waals surface area contributed by atoms with Gasteiger partial charge in [-0.15, -0.1) is 0 Å². The quantitative estimate of drug-likeness (QED) is 0.344. The van der Waals surface area contributed by atoms with E-state index in [0.717, 1.165) is 11.3 Å². The average molecular weight is 520 g/mol. The minimum Gasteiger partial charge on any atom is -0.485 e. The summed E-state index contributed by atoms with van der Waals surface area (Å²) in [4.78, 5) is 10.9. The van der Waals surface area contributed by atoms with E-state index >= 15 is 0 Å². The van der Waals surface area contributed by atoms with E-state index in [1.54, 1.807) is 0 Å². The van der Waals surface area contributed by atoms with Gasteiger partial charge >= 0.3 is 0 Å². The number of rotatable bonds is 5. The second-order valence-corrected chi connectivity index (χ2v) is 3.82. The predicted octanol–water partition coefficient (Wildman–Crippen LogP) is 3.51. The maximum Gasteiger partial charge on any atom is 0.147 e. The molecule has 0 heterocycles. The van der Waals surface area contributed by atoms with Crippen LogP contribution in [0.1, 0.15) is 5.56 Å². The molecule has 98 valence electrons. The molecular formula is C16H13O3Rf-. The summed E-state index contributed by atoms with van der Waals surface area (Å²) in [6.07, 6.45) is 2.15. The summed E-state index contributed by atoms with van der Waals surface area (Å²) in [5.41, 5.74) is 0.844. The Morgan fingerprint density at radius 2 is 1.75 bits per heavy atom. The van der Waals surface area contributed by atoms with Gasteiger partial charge in [0.1, 0.15) is 24.1 Å². The van der Waals surface area contributed by atoms with Gasteiger partial charge in [-0.3, -0.25) is 11.4 Å². The Kier molecular flexibility index (Phi) is 5.09. The van der Waals surface area contributed by atoms with Gasteiger partial charge in [-0.1, -0.05) is 30.3 Å². The Morgan fingerprint density at radius 3 is 2.45 bits per heavy atom. The summed E-state index contributed by atoms with van der Waals surface area (Å²) in [5.74, 6) is 0.896. The molecule has 0 aromatic heterocycles. The molecule has 0 N–H and O–H groups in total. The van der Waals surface area contributed by atoms with Gasteiger partial charge in [-0.25, -0.2) is 0 Å². The molecule has 2 rings (SSSR count). The maximum absolute atomic E-state index is 10.9. The molecule has 0 radical (unpaired) electrons. The van der Waals surface area contributed by atoms with Crippen molar-refractivity contribution >= 4 is 5.97 Å². The zero-order valence-corrected chi connectivity index (χ0v) is 17.4. The molecule has 4 heteroatoms. The molecule has 0 fully saturated rings. The molecule has 0 aliphatic heterocycles. The van der Waals surface area contributed by atoms with Gasteiger partial charge in [-0.2, -0.15) is 0 Å². The van der Waals surface area contributed by atoms with Crippen molar-refractivity contribution in [1.82, 2.24) is 0 Å². The fraction of sp³-hybridized carbons (Fsp3) is 0.0625. The summed E-state index contributed by atoms with van der Waals surface area (Å²) >= 11 is 0. The van der Waals surface area contributed by atoms with E-state index in [1.807, 2.05) is 54.6 Å². The van der Waals surface area contributed by atoms with Crippen LogP contribution in [-0.4, -0.2) is 5.97 Å². The molecule has 3 nitrogen and oxygen atoms in total. The van der Waals surface area contributed by atoms with Crippen LogP contribution in [-0.2, 0) is 16.1 Å². The molecule has 0 amide bonds. The molecule has 0 atom stereocenters. The molecule has 0 unspecified atom stereocenters. The summed E-state index contributed by atoms with van der Waals surface area (Å²) < 4.78 is 10.6. The molecule has 2 aromatic rings. The number of hydrogen-bond acceptors (Lipinski definition) is 3. The first kappa shape index (κ1) is 14.5. The fourth-order valence-electron chi connectivity index (χ4n) is 1.52. The summed E-state index contributed by atoms with van der Waals surface area (Å²) in [6.45, 7) is 3.40. The normalized spacial score (nSPS) is 9.20. The topological polar surface area (TPSA) is 35.5 Å². The minimum absolute atomic E-state index is 0. The first-order valence-electron chi connectivity index (χ1n) is 5.79. The predicted molar refractivity (Wildman–Crippen MR) is 71.6 cm³/mol.